The van der Waals surface area contributed by atoms with Crippen molar-refractivity contribution in [2.24, 2.45) is 0 Å². The van der Waals surface area contributed by atoms with Gasteiger partial charge in [-0.15, -0.1) is 0 Å². The van der Waals surface area contributed by atoms with Crippen LogP contribution < -0.4 is 21.1 Å². The van der Waals surface area contributed by atoms with Crippen molar-refractivity contribution in [1.82, 2.24) is 9.80 Å². The molecule has 0 spiro atoms. The Bertz CT molecular complexity index is 860. The minimum Gasteiger partial charge on any atom is -0.468 e. The van der Waals surface area contributed by atoms with E-state index in [1.54, 1.807) is 11.2 Å². The second kappa shape index (κ2) is 8.15. The van der Waals surface area contributed by atoms with Gasteiger partial charge in [0.25, 0.3) is 10.9 Å². The fourth-order valence-electron chi connectivity index (χ4n) is 3.87. The van der Waals surface area contributed by atoms with Crippen LogP contribution in [0.2, 0.25) is 0 Å². The molecule has 4 rings (SSSR count). The summed E-state index contributed by atoms with van der Waals surface area (Å²) in [5.74, 6) is 0.814. The molecule has 0 aliphatic carbocycles. The Morgan fingerprint density at radius 1 is 1.07 bits per heavy atom. The lowest BCUT2D eigenvalue weighted by Gasteiger charge is -2.36. The van der Waals surface area contributed by atoms with Gasteiger partial charge in [0.15, 0.2) is 0 Å². The van der Waals surface area contributed by atoms with E-state index in [0.29, 0.717) is 57.3 Å². The van der Waals surface area contributed by atoms with Gasteiger partial charge in [0.05, 0.1) is 25.5 Å². The molecule has 9 heteroatoms. The maximum absolute atomic E-state index is 12.2. The zero-order valence-electron chi connectivity index (χ0n) is 15.6. The van der Waals surface area contributed by atoms with Crippen LogP contribution in [-0.2, 0) is 9.53 Å². The Labute approximate surface area is 162 Å². The summed E-state index contributed by atoms with van der Waals surface area (Å²) in [6.07, 6.45) is 2.45. The standard InChI is InChI=1S/C19H24N4O5/c24-13-21-3-5-23(6-4-21)17-16(18(25)19(17)26)20-12-14(15-2-1-9-28-15)22-7-10-27-11-8-22/h1-2,9,13-14,20H,3-8,10-12H2/t14-/m1/s1. The van der Waals surface area contributed by atoms with E-state index in [-0.39, 0.29) is 6.04 Å². The van der Waals surface area contributed by atoms with Crippen LogP contribution in [0.3, 0.4) is 0 Å². The Kier molecular flexibility index (Phi) is 5.45. The Hall–Kier alpha value is -2.65. The maximum Gasteiger partial charge on any atom is 0.253 e. The first-order valence-electron chi connectivity index (χ1n) is 9.55. The second-order valence-corrected chi connectivity index (χ2v) is 7.07. The Morgan fingerprint density at radius 3 is 2.46 bits per heavy atom. The van der Waals surface area contributed by atoms with E-state index in [1.807, 2.05) is 17.0 Å². The van der Waals surface area contributed by atoms with Gasteiger partial charge in [-0.25, -0.2) is 0 Å². The first-order chi connectivity index (χ1) is 13.7. The molecule has 2 saturated heterocycles. The number of hydrogen-bond donors (Lipinski definition) is 1. The molecular formula is C19H24N4O5. The molecule has 0 bridgehead atoms. The molecule has 2 aromatic rings. The molecule has 1 atom stereocenters. The van der Waals surface area contributed by atoms with Crippen LogP contribution in [0, 0.1) is 0 Å². The van der Waals surface area contributed by atoms with Crippen LogP contribution in [0.4, 0.5) is 11.4 Å². The van der Waals surface area contributed by atoms with Gasteiger partial charge in [0, 0.05) is 45.8 Å². The summed E-state index contributed by atoms with van der Waals surface area (Å²) < 4.78 is 11.0. The fourth-order valence-corrected chi connectivity index (χ4v) is 3.87. The van der Waals surface area contributed by atoms with E-state index in [1.165, 1.54) is 0 Å². The Balaban J connectivity index is 1.48. The third-order valence-electron chi connectivity index (χ3n) is 5.49. The number of morpholine rings is 1. The molecule has 0 unspecified atom stereocenters. The minimum atomic E-state index is -0.479. The first-order valence-corrected chi connectivity index (χ1v) is 9.55. The summed E-state index contributed by atoms with van der Waals surface area (Å²) in [4.78, 5) is 41.1. The van der Waals surface area contributed by atoms with Crippen LogP contribution in [0.25, 0.3) is 0 Å². The van der Waals surface area contributed by atoms with Crippen molar-refractivity contribution >= 4 is 17.8 Å². The van der Waals surface area contributed by atoms with Crippen LogP contribution >= 0.6 is 0 Å². The molecular weight excluding hydrogens is 364 g/mol. The second-order valence-electron chi connectivity index (χ2n) is 7.07. The number of hydrogen-bond acceptors (Lipinski definition) is 8. The fraction of sp³-hybridized carbons (Fsp3) is 0.526. The largest absolute Gasteiger partial charge is 0.468 e. The number of carbonyl (C=O) groups excluding carboxylic acids is 1. The van der Waals surface area contributed by atoms with Gasteiger partial charge in [0.2, 0.25) is 6.41 Å². The lowest BCUT2D eigenvalue weighted by molar-refractivity contribution is -0.118. The van der Waals surface area contributed by atoms with Gasteiger partial charge in [-0.2, -0.15) is 0 Å². The van der Waals surface area contributed by atoms with E-state index in [9.17, 15) is 14.4 Å². The molecule has 3 heterocycles. The van der Waals surface area contributed by atoms with Gasteiger partial charge in [-0.3, -0.25) is 19.3 Å². The quantitative estimate of drug-likeness (QED) is 0.508. The normalized spacial score (nSPS) is 19.7. The molecule has 28 heavy (non-hydrogen) atoms. The van der Waals surface area contributed by atoms with Crippen molar-refractivity contribution < 1.29 is 13.9 Å². The summed E-state index contributed by atoms with van der Waals surface area (Å²) in [5, 5.41) is 3.20. The summed E-state index contributed by atoms with van der Waals surface area (Å²) in [6, 6.07) is 3.71. The topological polar surface area (TPSA) is 95.3 Å². The molecule has 2 aliphatic rings. The molecule has 1 amide bonds. The Morgan fingerprint density at radius 2 is 1.82 bits per heavy atom. The number of piperazine rings is 1. The van der Waals surface area contributed by atoms with Crippen molar-refractivity contribution in [3.05, 3.63) is 44.6 Å². The van der Waals surface area contributed by atoms with E-state index >= 15 is 0 Å². The summed E-state index contributed by atoms with van der Waals surface area (Å²) in [6.45, 7) is 5.51. The third kappa shape index (κ3) is 3.55. The smallest absolute Gasteiger partial charge is 0.253 e. The van der Waals surface area contributed by atoms with E-state index < -0.39 is 10.9 Å². The van der Waals surface area contributed by atoms with Crippen molar-refractivity contribution in [2.75, 3.05) is 69.2 Å². The molecule has 0 radical (unpaired) electrons. The van der Waals surface area contributed by atoms with Crippen molar-refractivity contribution in [2.45, 2.75) is 6.04 Å². The number of anilines is 2. The van der Waals surface area contributed by atoms with Crippen LogP contribution in [0.5, 0.6) is 0 Å². The van der Waals surface area contributed by atoms with Crippen molar-refractivity contribution in [3.63, 3.8) is 0 Å². The highest BCUT2D eigenvalue weighted by Crippen LogP contribution is 2.26. The maximum atomic E-state index is 12.2. The summed E-state index contributed by atoms with van der Waals surface area (Å²) in [5.41, 5.74) is -0.124. The minimum absolute atomic E-state index is 0.0527. The van der Waals surface area contributed by atoms with Crippen LogP contribution in [0.15, 0.2) is 32.4 Å². The number of carbonyl (C=O) groups is 1. The molecule has 1 aromatic carbocycles. The molecule has 1 aromatic heterocycles. The zero-order chi connectivity index (χ0) is 19.5. The number of nitrogens with one attached hydrogen (secondary N) is 1. The zero-order valence-corrected chi connectivity index (χ0v) is 15.6. The molecule has 2 aliphatic heterocycles. The molecule has 1 N–H and O–H groups in total. The highest BCUT2D eigenvalue weighted by Gasteiger charge is 2.30. The predicted octanol–water partition coefficient (Wildman–Crippen LogP) is -0.361. The van der Waals surface area contributed by atoms with Gasteiger partial charge in [-0.05, 0) is 12.1 Å². The third-order valence-corrected chi connectivity index (χ3v) is 5.49. The number of furan rings is 1. The summed E-state index contributed by atoms with van der Waals surface area (Å²) in [7, 11) is 0. The average Bonchev–Trinajstić information content (AvgIpc) is 3.28. The number of amides is 1. The van der Waals surface area contributed by atoms with Gasteiger partial charge >= 0.3 is 0 Å². The molecule has 150 valence electrons. The molecule has 0 saturated carbocycles. The van der Waals surface area contributed by atoms with Crippen LogP contribution in [0.1, 0.15) is 11.8 Å². The van der Waals surface area contributed by atoms with Gasteiger partial charge < -0.3 is 24.3 Å². The lowest BCUT2D eigenvalue weighted by Crippen LogP contribution is -2.51. The highest BCUT2D eigenvalue weighted by molar-refractivity contribution is 5.75. The number of ether oxygens (including phenoxy) is 1. The SMILES string of the molecule is O=CN1CCN(c2c(NC[C@H](c3ccco3)N3CCOCC3)c(=O)c2=O)CC1. The van der Waals surface area contributed by atoms with Gasteiger partial charge in [-0.1, -0.05) is 0 Å². The van der Waals surface area contributed by atoms with Crippen molar-refractivity contribution in [1.29, 1.82) is 0 Å². The van der Waals surface area contributed by atoms with Gasteiger partial charge in [0.1, 0.15) is 17.1 Å². The predicted molar refractivity (Wildman–Crippen MR) is 104 cm³/mol. The van der Waals surface area contributed by atoms with E-state index in [2.05, 4.69) is 10.2 Å². The van der Waals surface area contributed by atoms with Crippen molar-refractivity contribution in [3.8, 4) is 0 Å². The highest BCUT2D eigenvalue weighted by atomic mass is 16.5. The number of nitrogens with zero attached hydrogens (tertiary/aromatic N) is 3. The monoisotopic (exact) mass is 388 g/mol. The average molecular weight is 388 g/mol. The molecule has 2 fully saturated rings. The summed E-state index contributed by atoms with van der Waals surface area (Å²) >= 11 is 0. The van der Waals surface area contributed by atoms with Crippen LogP contribution in [-0.4, -0.2) is 75.2 Å². The number of rotatable bonds is 7. The first kappa shape index (κ1) is 18.7. The van der Waals surface area contributed by atoms with E-state index in [4.69, 9.17) is 9.15 Å². The molecule has 9 nitrogen and oxygen atoms in total. The lowest BCUT2D eigenvalue weighted by atomic mass is 10.1. The van der Waals surface area contributed by atoms with E-state index in [0.717, 1.165) is 25.3 Å².